The smallest absolute Gasteiger partial charge is 0.320 e. The number of carbonyl (C=O) groups is 1. The maximum absolute atomic E-state index is 11.1. The molecule has 1 saturated heterocycles. The number of hydrogen-bond acceptors (Lipinski definition) is 2. The Kier molecular flexibility index (Phi) is 3.69. The van der Waals surface area contributed by atoms with Crippen LogP contribution in [0.3, 0.4) is 0 Å². The van der Waals surface area contributed by atoms with Crippen LogP contribution in [-0.2, 0) is 11.3 Å². The first-order valence-electron chi connectivity index (χ1n) is 5.80. The van der Waals surface area contributed by atoms with Crippen LogP contribution in [0.1, 0.15) is 24.0 Å². The van der Waals surface area contributed by atoms with Gasteiger partial charge in [-0.2, -0.15) is 0 Å². The van der Waals surface area contributed by atoms with Crippen LogP contribution >= 0.6 is 11.6 Å². The molecule has 2 rings (SSSR count). The molecule has 1 aliphatic rings. The molecular formula is C13H16ClNO2. The van der Waals surface area contributed by atoms with Gasteiger partial charge in [0.1, 0.15) is 6.04 Å². The van der Waals surface area contributed by atoms with Crippen LogP contribution in [0.5, 0.6) is 0 Å². The Morgan fingerprint density at radius 3 is 3.00 bits per heavy atom. The number of aliphatic carboxylic acids is 1. The van der Waals surface area contributed by atoms with E-state index in [1.807, 2.05) is 30.0 Å². The third kappa shape index (κ3) is 2.79. The van der Waals surface area contributed by atoms with Gasteiger partial charge in [0.25, 0.3) is 0 Å². The predicted molar refractivity (Wildman–Crippen MR) is 67.3 cm³/mol. The number of aryl methyl sites for hydroxylation is 1. The van der Waals surface area contributed by atoms with Gasteiger partial charge in [-0.3, -0.25) is 9.69 Å². The molecule has 0 unspecified atom stereocenters. The van der Waals surface area contributed by atoms with Crippen LogP contribution in [-0.4, -0.2) is 28.6 Å². The van der Waals surface area contributed by atoms with E-state index >= 15 is 0 Å². The van der Waals surface area contributed by atoms with E-state index in [-0.39, 0.29) is 6.04 Å². The molecule has 0 aliphatic carbocycles. The topological polar surface area (TPSA) is 40.5 Å². The minimum atomic E-state index is -0.715. The van der Waals surface area contributed by atoms with E-state index in [4.69, 9.17) is 16.7 Å². The summed E-state index contributed by atoms with van der Waals surface area (Å²) in [6.07, 6.45) is 1.71. The van der Waals surface area contributed by atoms with Crippen molar-refractivity contribution in [3.8, 4) is 0 Å². The van der Waals surface area contributed by atoms with Gasteiger partial charge in [-0.05, 0) is 43.5 Å². The Morgan fingerprint density at radius 1 is 1.59 bits per heavy atom. The zero-order valence-corrected chi connectivity index (χ0v) is 10.6. The van der Waals surface area contributed by atoms with E-state index in [2.05, 4.69) is 0 Å². The highest BCUT2D eigenvalue weighted by Gasteiger charge is 2.30. The summed E-state index contributed by atoms with van der Waals surface area (Å²) in [6.45, 7) is 3.51. The molecule has 1 N–H and O–H groups in total. The third-order valence-electron chi connectivity index (χ3n) is 3.26. The van der Waals surface area contributed by atoms with Crippen LogP contribution < -0.4 is 0 Å². The lowest BCUT2D eigenvalue weighted by Gasteiger charge is -2.21. The van der Waals surface area contributed by atoms with Crippen LogP contribution in [0.4, 0.5) is 0 Å². The Labute approximate surface area is 106 Å². The van der Waals surface area contributed by atoms with Gasteiger partial charge in [0.2, 0.25) is 0 Å². The van der Waals surface area contributed by atoms with Gasteiger partial charge in [0.05, 0.1) is 0 Å². The maximum Gasteiger partial charge on any atom is 0.320 e. The Morgan fingerprint density at radius 2 is 2.35 bits per heavy atom. The van der Waals surface area contributed by atoms with Crippen LogP contribution in [0.2, 0.25) is 5.02 Å². The Balaban J connectivity index is 2.09. The lowest BCUT2D eigenvalue weighted by atomic mass is 10.1. The van der Waals surface area contributed by atoms with Crippen LogP contribution in [0, 0.1) is 6.92 Å². The number of rotatable bonds is 3. The van der Waals surface area contributed by atoms with E-state index in [0.717, 1.165) is 35.5 Å². The van der Waals surface area contributed by atoms with Crippen molar-refractivity contribution >= 4 is 17.6 Å². The van der Waals surface area contributed by atoms with Crippen molar-refractivity contribution in [2.45, 2.75) is 32.4 Å². The summed E-state index contributed by atoms with van der Waals surface area (Å²) < 4.78 is 0. The summed E-state index contributed by atoms with van der Waals surface area (Å²) >= 11 is 5.97. The van der Waals surface area contributed by atoms with E-state index in [1.54, 1.807) is 0 Å². The number of benzene rings is 1. The molecule has 17 heavy (non-hydrogen) atoms. The molecule has 0 radical (unpaired) electrons. The van der Waals surface area contributed by atoms with Crippen molar-refractivity contribution < 1.29 is 9.90 Å². The lowest BCUT2D eigenvalue weighted by Crippen LogP contribution is -2.35. The number of likely N-dealkylation sites (tertiary alicyclic amines) is 1. The molecule has 0 spiro atoms. The van der Waals surface area contributed by atoms with Crippen molar-refractivity contribution in [1.29, 1.82) is 0 Å². The number of carboxylic acid groups (broad SMARTS) is 1. The van der Waals surface area contributed by atoms with Gasteiger partial charge >= 0.3 is 5.97 Å². The molecule has 1 fully saturated rings. The highest BCUT2D eigenvalue weighted by molar-refractivity contribution is 6.31. The fourth-order valence-electron chi connectivity index (χ4n) is 2.33. The van der Waals surface area contributed by atoms with E-state index in [9.17, 15) is 4.79 Å². The molecule has 4 heteroatoms. The number of hydrogen-bond donors (Lipinski definition) is 1. The average Bonchev–Trinajstić information content (AvgIpc) is 2.72. The minimum Gasteiger partial charge on any atom is -0.480 e. The summed E-state index contributed by atoms with van der Waals surface area (Å²) in [6, 6.07) is 5.54. The Hall–Kier alpha value is -1.06. The molecule has 0 bridgehead atoms. The summed E-state index contributed by atoms with van der Waals surface area (Å²) in [5, 5.41) is 9.85. The van der Waals surface area contributed by atoms with Gasteiger partial charge in [0, 0.05) is 11.6 Å². The zero-order valence-electron chi connectivity index (χ0n) is 9.82. The van der Waals surface area contributed by atoms with Crippen molar-refractivity contribution in [3.63, 3.8) is 0 Å². The molecule has 1 aromatic carbocycles. The first-order chi connectivity index (χ1) is 8.08. The molecule has 1 heterocycles. The molecule has 3 nitrogen and oxygen atoms in total. The molecular weight excluding hydrogens is 238 g/mol. The molecule has 0 saturated carbocycles. The fraction of sp³-hybridized carbons (Fsp3) is 0.462. The van der Waals surface area contributed by atoms with Gasteiger partial charge in [-0.1, -0.05) is 23.7 Å². The predicted octanol–water partition coefficient (Wildman–Crippen LogP) is 2.70. The first kappa shape index (κ1) is 12.4. The highest BCUT2D eigenvalue weighted by Crippen LogP contribution is 2.22. The van der Waals surface area contributed by atoms with Gasteiger partial charge in [-0.15, -0.1) is 0 Å². The first-order valence-corrected chi connectivity index (χ1v) is 6.17. The van der Waals surface area contributed by atoms with E-state index in [1.165, 1.54) is 0 Å². The molecule has 0 aromatic heterocycles. The number of carboxylic acids is 1. The molecule has 92 valence electrons. The number of halogens is 1. The van der Waals surface area contributed by atoms with Gasteiger partial charge in [-0.25, -0.2) is 0 Å². The van der Waals surface area contributed by atoms with Crippen molar-refractivity contribution in [3.05, 3.63) is 34.3 Å². The zero-order chi connectivity index (χ0) is 12.4. The standard InChI is InChI=1S/C13H16ClNO2/c1-9-7-10(4-5-11(9)14)8-15-6-2-3-12(15)13(16)17/h4-5,7,12H,2-3,6,8H2,1H3,(H,16,17)/t12-/m1/s1. The van der Waals surface area contributed by atoms with Crippen molar-refractivity contribution in [1.82, 2.24) is 4.90 Å². The van der Waals surface area contributed by atoms with Crippen LogP contribution in [0.25, 0.3) is 0 Å². The second-order valence-electron chi connectivity index (χ2n) is 4.55. The fourth-order valence-corrected chi connectivity index (χ4v) is 2.45. The normalized spacial score (nSPS) is 20.7. The molecule has 1 aromatic rings. The highest BCUT2D eigenvalue weighted by atomic mass is 35.5. The second-order valence-corrected chi connectivity index (χ2v) is 4.96. The van der Waals surface area contributed by atoms with Crippen molar-refractivity contribution in [2.24, 2.45) is 0 Å². The average molecular weight is 254 g/mol. The largest absolute Gasteiger partial charge is 0.480 e. The SMILES string of the molecule is Cc1cc(CN2CCC[C@@H]2C(=O)O)ccc1Cl. The summed E-state index contributed by atoms with van der Waals surface area (Å²) in [4.78, 5) is 13.1. The Bertz CT molecular complexity index is 433. The van der Waals surface area contributed by atoms with Gasteiger partial charge in [0.15, 0.2) is 0 Å². The summed E-state index contributed by atoms with van der Waals surface area (Å²) in [5.74, 6) is -0.715. The monoisotopic (exact) mass is 253 g/mol. The van der Waals surface area contributed by atoms with Gasteiger partial charge < -0.3 is 5.11 Å². The third-order valence-corrected chi connectivity index (χ3v) is 3.68. The molecule has 1 atom stereocenters. The lowest BCUT2D eigenvalue weighted by molar-refractivity contribution is -0.142. The number of nitrogens with zero attached hydrogens (tertiary/aromatic N) is 1. The second kappa shape index (κ2) is 5.07. The van der Waals surface area contributed by atoms with Crippen LogP contribution in [0.15, 0.2) is 18.2 Å². The molecule has 1 aliphatic heterocycles. The van der Waals surface area contributed by atoms with E-state index in [0.29, 0.717) is 6.54 Å². The quantitative estimate of drug-likeness (QED) is 0.901. The maximum atomic E-state index is 11.1. The summed E-state index contributed by atoms with van der Waals surface area (Å²) in [5.41, 5.74) is 2.16. The minimum absolute atomic E-state index is 0.328. The summed E-state index contributed by atoms with van der Waals surface area (Å²) in [7, 11) is 0. The van der Waals surface area contributed by atoms with E-state index < -0.39 is 5.97 Å². The van der Waals surface area contributed by atoms with Crippen molar-refractivity contribution in [2.75, 3.05) is 6.54 Å². The molecule has 0 amide bonds.